The second-order valence-electron chi connectivity index (χ2n) is 9.47. The summed E-state index contributed by atoms with van der Waals surface area (Å²) in [6.07, 6.45) is 16.0. The normalized spacial score (nSPS) is 20.6. The van der Waals surface area contributed by atoms with E-state index in [1.165, 1.54) is 12.5 Å². The predicted octanol–water partition coefficient (Wildman–Crippen LogP) is 6.72. The molecular weight excluding hydrogens is 414 g/mol. The lowest BCUT2D eigenvalue weighted by Crippen LogP contribution is -2.21. The molecule has 4 rings (SSSR count). The maximum Gasteiger partial charge on any atom is 0.322 e. The Morgan fingerprint density at radius 1 is 1.00 bits per heavy atom. The number of rotatable bonds is 5. The average Bonchev–Trinajstić information content (AvgIpc) is 3.22. The molecule has 0 spiro atoms. The zero-order valence-corrected chi connectivity index (χ0v) is 19.8. The van der Waals surface area contributed by atoms with Crippen molar-refractivity contribution in [1.29, 1.82) is 0 Å². The van der Waals surface area contributed by atoms with Crippen LogP contribution in [-0.2, 0) is 0 Å². The van der Waals surface area contributed by atoms with Crippen molar-refractivity contribution in [3.8, 4) is 28.9 Å². The minimum absolute atomic E-state index is 0.0353. The van der Waals surface area contributed by atoms with E-state index in [4.69, 9.17) is 4.74 Å². The van der Waals surface area contributed by atoms with Gasteiger partial charge < -0.3 is 14.9 Å². The van der Waals surface area contributed by atoms with Crippen LogP contribution < -0.4 is 4.74 Å². The van der Waals surface area contributed by atoms with Gasteiger partial charge in [0.1, 0.15) is 17.6 Å². The minimum atomic E-state index is -0.0353. The first-order valence-electron chi connectivity index (χ1n) is 12.2. The van der Waals surface area contributed by atoms with Crippen LogP contribution in [0.1, 0.15) is 83.1 Å². The first-order chi connectivity index (χ1) is 15.9. The minimum Gasteiger partial charge on any atom is -0.508 e. The molecule has 1 fully saturated rings. The average molecular weight is 450 g/mol. The van der Waals surface area contributed by atoms with Crippen LogP contribution in [0.5, 0.6) is 17.5 Å². The molecule has 0 bridgehead atoms. The number of hydrogen-bond acceptors (Lipinski definition) is 5. The van der Waals surface area contributed by atoms with E-state index in [0.29, 0.717) is 17.4 Å². The van der Waals surface area contributed by atoms with E-state index in [-0.39, 0.29) is 23.5 Å². The van der Waals surface area contributed by atoms with Gasteiger partial charge in [-0.25, -0.2) is 4.57 Å². The summed E-state index contributed by atoms with van der Waals surface area (Å²) in [4.78, 5) is 0. The number of benzene rings is 1. The lowest BCUT2D eigenvalue weighted by Gasteiger charge is -2.23. The highest BCUT2D eigenvalue weighted by molar-refractivity contribution is 5.73. The topological polar surface area (TPSA) is 80.4 Å². The molecule has 0 unspecified atom stereocenters. The lowest BCUT2D eigenvalue weighted by molar-refractivity contribution is 0.139. The van der Waals surface area contributed by atoms with Crippen LogP contribution in [0.3, 0.4) is 0 Å². The Labute approximate surface area is 196 Å². The van der Waals surface area contributed by atoms with Gasteiger partial charge in [-0.2, -0.15) is 0 Å². The molecule has 2 aliphatic rings. The predicted molar refractivity (Wildman–Crippen MR) is 131 cm³/mol. The van der Waals surface area contributed by atoms with E-state index in [2.05, 4.69) is 22.9 Å². The highest BCUT2D eigenvalue weighted by Crippen LogP contribution is 2.39. The highest BCUT2D eigenvalue weighted by atomic mass is 16.5. The first-order valence-corrected chi connectivity index (χ1v) is 12.2. The number of phenolic OH excluding ortho intramolecular Hbond substituents is 2. The molecule has 0 saturated heterocycles. The number of ether oxygens (including phenoxy) is 1. The third-order valence-corrected chi connectivity index (χ3v) is 6.52. The Morgan fingerprint density at radius 3 is 2.55 bits per heavy atom. The van der Waals surface area contributed by atoms with Crippen LogP contribution in [0, 0.1) is 0 Å². The number of nitrogens with zero attached hydrogens (tertiary/aromatic N) is 3. The van der Waals surface area contributed by atoms with Crippen molar-refractivity contribution < 1.29 is 14.9 Å². The third-order valence-electron chi connectivity index (χ3n) is 6.52. The molecule has 1 heterocycles. The maximum absolute atomic E-state index is 10.8. The summed E-state index contributed by atoms with van der Waals surface area (Å²) in [6.45, 7) is 8.19. The molecule has 0 radical (unpaired) electrons. The van der Waals surface area contributed by atoms with Crippen LogP contribution in [-0.4, -0.2) is 31.1 Å². The molecule has 0 atom stereocenters. The van der Waals surface area contributed by atoms with Gasteiger partial charge in [-0.1, -0.05) is 49.7 Å². The summed E-state index contributed by atoms with van der Waals surface area (Å²) in [5.74, 6) is 0.632. The summed E-state index contributed by atoms with van der Waals surface area (Å²) in [6, 6.07) is 3.63. The molecule has 2 aromatic rings. The van der Waals surface area contributed by atoms with Crippen molar-refractivity contribution in [3.05, 3.63) is 48.1 Å². The molecule has 176 valence electrons. The molecule has 6 heteroatoms. The monoisotopic (exact) mass is 449 g/mol. The van der Waals surface area contributed by atoms with Gasteiger partial charge in [0.15, 0.2) is 5.82 Å². The van der Waals surface area contributed by atoms with Gasteiger partial charge in [-0.15, -0.1) is 5.10 Å². The Bertz CT molecular complexity index is 1060. The van der Waals surface area contributed by atoms with Crippen molar-refractivity contribution >= 4 is 5.70 Å². The van der Waals surface area contributed by atoms with E-state index in [9.17, 15) is 10.2 Å². The van der Waals surface area contributed by atoms with Crippen molar-refractivity contribution in [2.75, 3.05) is 0 Å². The summed E-state index contributed by atoms with van der Waals surface area (Å²) >= 11 is 0. The van der Waals surface area contributed by atoms with Crippen LogP contribution in [0.15, 0.2) is 42.5 Å². The molecule has 2 N–H and O–H groups in total. The SMILES string of the molecule is C=C1/C=C\C(n2c(OC3CCCCC3)nnc2-c2cc(C(C)C)c(O)cc2O)=C/CCCC1. The molecule has 0 aliphatic heterocycles. The van der Waals surface area contributed by atoms with E-state index in [1.54, 1.807) is 6.07 Å². The van der Waals surface area contributed by atoms with E-state index in [1.807, 2.05) is 30.6 Å². The fourth-order valence-electron chi connectivity index (χ4n) is 4.59. The lowest BCUT2D eigenvalue weighted by atomic mass is 9.98. The van der Waals surface area contributed by atoms with Gasteiger partial charge >= 0.3 is 6.01 Å². The standard InChI is InChI=1S/C27H35N3O3/c1-18(2)22-16-23(25(32)17-24(22)31)26-28-29-27(33-21-12-8-5-9-13-21)30(26)20-11-7-4-6-10-19(3)14-15-20/h11,14-18,21,31-32H,3-10,12-13H2,1-2H3/b15-14-,20-11+. The highest BCUT2D eigenvalue weighted by Gasteiger charge is 2.25. The molecule has 0 amide bonds. The van der Waals surface area contributed by atoms with Gasteiger partial charge in [0.05, 0.1) is 5.56 Å². The maximum atomic E-state index is 10.8. The van der Waals surface area contributed by atoms with Crippen molar-refractivity contribution in [3.63, 3.8) is 0 Å². The summed E-state index contributed by atoms with van der Waals surface area (Å²) in [7, 11) is 0. The largest absolute Gasteiger partial charge is 0.508 e. The van der Waals surface area contributed by atoms with Crippen LogP contribution in [0.4, 0.5) is 0 Å². The Balaban J connectivity index is 1.84. The zero-order valence-electron chi connectivity index (χ0n) is 19.8. The number of aromatic nitrogens is 3. The zero-order chi connectivity index (χ0) is 23.4. The van der Waals surface area contributed by atoms with E-state index in [0.717, 1.165) is 68.2 Å². The van der Waals surface area contributed by atoms with Gasteiger partial charge in [0.2, 0.25) is 0 Å². The summed E-state index contributed by atoms with van der Waals surface area (Å²) in [5, 5.41) is 30.0. The number of allylic oxidation sites excluding steroid dienone is 5. The van der Waals surface area contributed by atoms with E-state index < -0.39 is 0 Å². The van der Waals surface area contributed by atoms with Gasteiger partial charge in [-0.3, -0.25) is 0 Å². The fraction of sp³-hybridized carbons (Fsp3) is 0.481. The summed E-state index contributed by atoms with van der Waals surface area (Å²) in [5.41, 5.74) is 3.26. The number of phenols is 2. The van der Waals surface area contributed by atoms with Crippen LogP contribution in [0.25, 0.3) is 17.1 Å². The molecule has 1 aromatic carbocycles. The molecule has 2 aliphatic carbocycles. The third kappa shape index (κ3) is 5.32. The van der Waals surface area contributed by atoms with Gasteiger partial charge in [0, 0.05) is 11.8 Å². The molecular formula is C27H35N3O3. The quantitative estimate of drug-likeness (QED) is 0.530. The molecule has 33 heavy (non-hydrogen) atoms. The van der Waals surface area contributed by atoms with Crippen molar-refractivity contribution in [2.45, 2.75) is 83.7 Å². The van der Waals surface area contributed by atoms with Gasteiger partial charge in [-0.05, 0) is 75.0 Å². The molecule has 1 aromatic heterocycles. The Morgan fingerprint density at radius 2 is 1.79 bits per heavy atom. The smallest absolute Gasteiger partial charge is 0.322 e. The van der Waals surface area contributed by atoms with Crippen molar-refractivity contribution in [1.82, 2.24) is 14.8 Å². The van der Waals surface area contributed by atoms with Crippen LogP contribution >= 0.6 is 0 Å². The first kappa shape index (κ1) is 23.1. The Hall–Kier alpha value is -3.02. The van der Waals surface area contributed by atoms with Crippen molar-refractivity contribution in [2.24, 2.45) is 0 Å². The molecule has 6 nitrogen and oxygen atoms in total. The molecule has 1 saturated carbocycles. The van der Waals surface area contributed by atoms with Crippen LogP contribution in [0.2, 0.25) is 0 Å². The second-order valence-corrected chi connectivity index (χ2v) is 9.47. The fourth-order valence-corrected chi connectivity index (χ4v) is 4.59. The Kier molecular flexibility index (Phi) is 7.21. The van der Waals surface area contributed by atoms with Gasteiger partial charge in [0.25, 0.3) is 0 Å². The number of aromatic hydroxyl groups is 2. The second kappa shape index (κ2) is 10.3. The summed E-state index contributed by atoms with van der Waals surface area (Å²) < 4.78 is 8.28. The number of hydrogen-bond donors (Lipinski definition) is 2. The van der Waals surface area contributed by atoms with E-state index >= 15 is 0 Å².